The molecule has 156 valence electrons. The van der Waals surface area contributed by atoms with E-state index in [0.29, 0.717) is 22.9 Å². The zero-order valence-corrected chi connectivity index (χ0v) is 17.6. The van der Waals surface area contributed by atoms with Crippen LogP contribution in [0.2, 0.25) is 0 Å². The van der Waals surface area contributed by atoms with Crippen LogP contribution in [0.4, 0.5) is 10.8 Å². The van der Waals surface area contributed by atoms with Crippen LogP contribution in [0.15, 0.2) is 53.9 Å². The van der Waals surface area contributed by atoms with E-state index in [-0.39, 0.29) is 12.3 Å². The number of hydrogen-bond donors (Lipinski definition) is 2. The number of hydrogen-bond acceptors (Lipinski definition) is 6. The number of carbonyl (C=O) groups excluding carboxylic acids is 2. The Morgan fingerprint density at radius 2 is 1.87 bits per heavy atom. The summed E-state index contributed by atoms with van der Waals surface area (Å²) in [5.74, 6) is -1.48. The van der Waals surface area contributed by atoms with E-state index in [1.54, 1.807) is 17.5 Å². The van der Waals surface area contributed by atoms with Gasteiger partial charge in [0.2, 0.25) is 0 Å². The van der Waals surface area contributed by atoms with E-state index in [1.807, 2.05) is 18.2 Å². The zero-order chi connectivity index (χ0) is 21.3. The van der Waals surface area contributed by atoms with Crippen LogP contribution < -0.4 is 15.7 Å². The largest absolute Gasteiger partial charge is 0.550 e. The van der Waals surface area contributed by atoms with Crippen molar-refractivity contribution in [1.29, 1.82) is 0 Å². The molecule has 0 atom stereocenters. The van der Waals surface area contributed by atoms with Crippen LogP contribution in [-0.2, 0) is 24.2 Å². The molecule has 0 aliphatic rings. The third-order valence-corrected chi connectivity index (χ3v) is 5.42. The fourth-order valence-electron chi connectivity index (χ4n) is 3.01. The molecule has 3 rings (SSSR count). The topological polar surface area (TPSA) is 94.2 Å². The van der Waals surface area contributed by atoms with Crippen molar-refractivity contribution in [2.45, 2.75) is 39.2 Å². The van der Waals surface area contributed by atoms with Crippen LogP contribution >= 0.6 is 11.3 Å². The van der Waals surface area contributed by atoms with Crippen molar-refractivity contribution in [3.05, 3.63) is 76.3 Å². The second-order valence-electron chi connectivity index (χ2n) is 6.96. The molecular weight excluding hydrogens is 398 g/mol. The van der Waals surface area contributed by atoms with Crippen molar-refractivity contribution in [1.82, 2.24) is 4.98 Å². The standard InChI is InChI=1S/C23H25N3O3S/c1-2-3-6-17-7-4-5-8-20(17)24-14-16-9-11-18(12-10-16)22(29)26-23-25-19(15-30-23)13-21(27)28/h4-5,7-12,15,24H,2-3,6,13-14H2,1H3,(H,27,28)(H,25,26,29)/p-1. The first kappa shape index (κ1) is 21.5. The zero-order valence-electron chi connectivity index (χ0n) is 16.8. The van der Waals surface area contributed by atoms with Gasteiger partial charge in [0.25, 0.3) is 5.91 Å². The number of carboxylic acid groups (broad SMARTS) is 1. The highest BCUT2D eigenvalue weighted by Crippen LogP contribution is 2.19. The number of amides is 1. The summed E-state index contributed by atoms with van der Waals surface area (Å²) in [5.41, 5.74) is 4.41. The molecule has 1 heterocycles. The minimum atomic E-state index is -1.20. The van der Waals surface area contributed by atoms with Gasteiger partial charge in [-0.05, 0) is 42.2 Å². The smallest absolute Gasteiger partial charge is 0.257 e. The van der Waals surface area contributed by atoms with Gasteiger partial charge in [0, 0.05) is 35.6 Å². The number of thiazole rings is 1. The van der Waals surface area contributed by atoms with Gasteiger partial charge in [-0.1, -0.05) is 43.7 Å². The van der Waals surface area contributed by atoms with Crippen molar-refractivity contribution in [3.8, 4) is 0 Å². The number of nitrogens with zero attached hydrogens (tertiary/aromatic N) is 1. The van der Waals surface area contributed by atoms with E-state index in [9.17, 15) is 14.7 Å². The van der Waals surface area contributed by atoms with Gasteiger partial charge < -0.3 is 15.2 Å². The van der Waals surface area contributed by atoms with Crippen LogP contribution in [-0.4, -0.2) is 16.9 Å². The molecule has 0 aliphatic heterocycles. The number of aromatic nitrogens is 1. The van der Waals surface area contributed by atoms with Crippen molar-refractivity contribution in [3.63, 3.8) is 0 Å². The molecule has 1 amide bonds. The van der Waals surface area contributed by atoms with Crippen LogP contribution in [0.5, 0.6) is 0 Å². The van der Waals surface area contributed by atoms with Crippen molar-refractivity contribution < 1.29 is 14.7 Å². The number of para-hydroxylation sites is 1. The summed E-state index contributed by atoms with van der Waals surface area (Å²) in [6.45, 7) is 2.86. The highest BCUT2D eigenvalue weighted by Gasteiger charge is 2.10. The Kier molecular flexibility index (Phi) is 7.57. The minimum Gasteiger partial charge on any atom is -0.550 e. The molecule has 30 heavy (non-hydrogen) atoms. The average Bonchev–Trinajstić information content (AvgIpc) is 3.17. The molecule has 0 radical (unpaired) electrons. The van der Waals surface area contributed by atoms with E-state index >= 15 is 0 Å². The molecule has 0 bridgehead atoms. The first-order valence-corrected chi connectivity index (χ1v) is 10.8. The number of aryl methyl sites for hydroxylation is 1. The minimum absolute atomic E-state index is 0.268. The van der Waals surface area contributed by atoms with Crippen LogP contribution in [0.25, 0.3) is 0 Å². The molecule has 0 unspecified atom stereocenters. The van der Waals surface area contributed by atoms with Gasteiger partial charge in [0.05, 0.1) is 5.69 Å². The Hall–Kier alpha value is -3.19. The van der Waals surface area contributed by atoms with Gasteiger partial charge in [-0.3, -0.25) is 10.1 Å². The maximum atomic E-state index is 12.4. The second-order valence-corrected chi connectivity index (χ2v) is 7.82. The lowest BCUT2D eigenvalue weighted by atomic mass is 10.1. The average molecular weight is 423 g/mol. The molecule has 0 saturated carbocycles. The van der Waals surface area contributed by atoms with Gasteiger partial charge >= 0.3 is 0 Å². The number of benzene rings is 2. The van der Waals surface area contributed by atoms with E-state index < -0.39 is 5.97 Å². The summed E-state index contributed by atoms with van der Waals surface area (Å²) in [6, 6.07) is 15.7. The lowest BCUT2D eigenvalue weighted by molar-refractivity contribution is -0.304. The maximum absolute atomic E-state index is 12.4. The number of carboxylic acids is 1. The molecule has 0 fully saturated rings. The third kappa shape index (κ3) is 6.15. The number of unbranched alkanes of at least 4 members (excludes halogenated alkanes) is 1. The maximum Gasteiger partial charge on any atom is 0.257 e. The van der Waals surface area contributed by atoms with Gasteiger partial charge in [-0.2, -0.15) is 0 Å². The molecule has 0 aliphatic carbocycles. The molecule has 0 saturated heterocycles. The normalized spacial score (nSPS) is 10.6. The Labute approximate surface area is 180 Å². The Morgan fingerprint density at radius 3 is 2.60 bits per heavy atom. The Bertz CT molecular complexity index is 999. The van der Waals surface area contributed by atoms with Gasteiger partial charge in [-0.15, -0.1) is 11.3 Å². The number of nitrogens with one attached hydrogen (secondary N) is 2. The van der Waals surface area contributed by atoms with Crippen LogP contribution in [0.1, 0.15) is 46.9 Å². The summed E-state index contributed by atoms with van der Waals surface area (Å²) < 4.78 is 0. The Balaban J connectivity index is 1.56. The first-order chi connectivity index (χ1) is 14.5. The fourth-order valence-corrected chi connectivity index (χ4v) is 3.72. The van der Waals surface area contributed by atoms with E-state index in [4.69, 9.17) is 0 Å². The molecular formula is C23H24N3O3S-. The van der Waals surface area contributed by atoms with Crippen LogP contribution in [0, 0.1) is 0 Å². The quantitative estimate of drug-likeness (QED) is 0.520. The number of carbonyl (C=O) groups is 2. The fraction of sp³-hybridized carbons (Fsp3) is 0.261. The summed E-state index contributed by atoms with van der Waals surface area (Å²) in [7, 11) is 0. The molecule has 3 aromatic rings. The Morgan fingerprint density at radius 1 is 1.10 bits per heavy atom. The van der Waals surface area contributed by atoms with Crippen molar-refractivity contribution in [2.24, 2.45) is 0 Å². The second kappa shape index (κ2) is 10.5. The van der Waals surface area contributed by atoms with Crippen molar-refractivity contribution >= 4 is 34.0 Å². The summed E-state index contributed by atoms with van der Waals surface area (Å²) in [5, 5.41) is 18.8. The SMILES string of the molecule is CCCCc1ccccc1NCc1ccc(C(=O)Nc2nc(CC(=O)[O-])cs2)cc1. The first-order valence-electron chi connectivity index (χ1n) is 9.91. The van der Waals surface area contributed by atoms with Crippen LogP contribution in [0.3, 0.4) is 0 Å². The van der Waals surface area contributed by atoms with Crippen molar-refractivity contribution in [2.75, 3.05) is 10.6 Å². The summed E-state index contributed by atoms with van der Waals surface area (Å²) >= 11 is 1.19. The predicted molar refractivity (Wildman–Crippen MR) is 118 cm³/mol. The third-order valence-electron chi connectivity index (χ3n) is 4.61. The summed E-state index contributed by atoms with van der Waals surface area (Å²) in [6.07, 6.45) is 3.11. The highest BCUT2D eigenvalue weighted by atomic mass is 32.1. The molecule has 1 aromatic heterocycles. The van der Waals surface area contributed by atoms with Gasteiger partial charge in [0.1, 0.15) is 0 Å². The van der Waals surface area contributed by atoms with Gasteiger partial charge in [-0.25, -0.2) is 4.98 Å². The number of aliphatic carboxylic acids is 1. The number of rotatable bonds is 10. The molecule has 7 heteroatoms. The lowest BCUT2D eigenvalue weighted by Crippen LogP contribution is -2.24. The molecule has 2 N–H and O–H groups in total. The predicted octanol–water partition coefficient (Wildman–Crippen LogP) is 3.64. The van der Waals surface area contributed by atoms with E-state index in [1.165, 1.54) is 16.9 Å². The molecule has 2 aromatic carbocycles. The monoisotopic (exact) mass is 422 g/mol. The number of anilines is 2. The summed E-state index contributed by atoms with van der Waals surface area (Å²) in [4.78, 5) is 27.1. The van der Waals surface area contributed by atoms with Gasteiger partial charge in [0.15, 0.2) is 5.13 Å². The lowest BCUT2D eigenvalue weighted by Gasteiger charge is -2.12. The van der Waals surface area contributed by atoms with E-state index in [0.717, 1.165) is 30.5 Å². The molecule has 6 nitrogen and oxygen atoms in total. The highest BCUT2D eigenvalue weighted by molar-refractivity contribution is 7.14. The van der Waals surface area contributed by atoms with E-state index in [2.05, 4.69) is 40.7 Å². The molecule has 0 spiro atoms.